The third kappa shape index (κ3) is 4.40. The Balaban J connectivity index is 3.57. The molecule has 0 aliphatic rings. The molecule has 0 rings (SSSR count). The maximum atomic E-state index is 11.0. The quantitative estimate of drug-likeness (QED) is 0.573. The molecule has 0 unspecified atom stereocenters. The number of hydrogen-bond donors (Lipinski definition) is 1. The SMILES string of the molecule is C#CCCC(=O)N(C)CCO. The number of aliphatic hydroxyl groups is 1. The largest absolute Gasteiger partial charge is 0.395 e. The molecule has 3 heteroatoms. The molecule has 0 aromatic rings. The van der Waals surface area contributed by atoms with Crippen LogP contribution in [0.5, 0.6) is 0 Å². The lowest BCUT2D eigenvalue weighted by Crippen LogP contribution is -2.29. The van der Waals surface area contributed by atoms with E-state index in [1.165, 1.54) is 4.90 Å². The summed E-state index contributed by atoms with van der Waals surface area (Å²) in [5, 5.41) is 8.48. The van der Waals surface area contributed by atoms with E-state index in [0.717, 1.165) is 0 Å². The third-order valence-electron chi connectivity index (χ3n) is 1.34. The molecule has 0 spiro atoms. The second-order valence-electron chi connectivity index (χ2n) is 2.24. The van der Waals surface area contributed by atoms with E-state index in [0.29, 0.717) is 19.4 Å². The monoisotopic (exact) mass is 155 g/mol. The van der Waals surface area contributed by atoms with Crippen molar-refractivity contribution in [2.75, 3.05) is 20.2 Å². The van der Waals surface area contributed by atoms with Crippen LogP contribution in [-0.4, -0.2) is 36.1 Å². The number of hydrogen-bond acceptors (Lipinski definition) is 2. The third-order valence-corrected chi connectivity index (χ3v) is 1.34. The maximum absolute atomic E-state index is 11.0. The van der Waals surface area contributed by atoms with E-state index in [4.69, 9.17) is 11.5 Å². The molecule has 0 atom stereocenters. The van der Waals surface area contributed by atoms with Crippen molar-refractivity contribution in [2.24, 2.45) is 0 Å². The minimum absolute atomic E-state index is 0.00169. The molecule has 0 aliphatic heterocycles. The van der Waals surface area contributed by atoms with E-state index < -0.39 is 0 Å². The topological polar surface area (TPSA) is 40.5 Å². The molecular formula is C8H13NO2. The smallest absolute Gasteiger partial charge is 0.223 e. The molecule has 1 amide bonds. The van der Waals surface area contributed by atoms with E-state index >= 15 is 0 Å². The van der Waals surface area contributed by atoms with E-state index in [2.05, 4.69) is 5.92 Å². The molecule has 62 valence electrons. The number of carbonyl (C=O) groups excluding carboxylic acids is 1. The Morgan fingerprint density at radius 2 is 2.36 bits per heavy atom. The first-order valence-electron chi connectivity index (χ1n) is 3.50. The first-order chi connectivity index (χ1) is 5.22. The normalized spacial score (nSPS) is 8.82. The first kappa shape index (κ1) is 9.99. The van der Waals surface area contributed by atoms with Crippen molar-refractivity contribution in [3.05, 3.63) is 0 Å². The summed E-state index contributed by atoms with van der Waals surface area (Å²) in [6, 6.07) is 0. The lowest BCUT2D eigenvalue weighted by atomic mass is 10.3. The van der Waals surface area contributed by atoms with Crippen LogP contribution in [-0.2, 0) is 4.79 Å². The van der Waals surface area contributed by atoms with Gasteiger partial charge in [0.15, 0.2) is 0 Å². The Kier molecular flexibility index (Phi) is 5.22. The molecule has 0 bridgehead atoms. The van der Waals surface area contributed by atoms with Crippen molar-refractivity contribution < 1.29 is 9.90 Å². The first-order valence-corrected chi connectivity index (χ1v) is 3.50. The molecule has 0 aromatic heterocycles. The summed E-state index contributed by atoms with van der Waals surface area (Å²) in [4.78, 5) is 12.5. The van der Waals surface area contributed by atoms with Gasteiger partial charge in [-0.05, 0) is 0 Å². The Hall–Kier alpha value is -1.01. The molecule has 0 aliphatic carbocycles. The Labute approximate surface area is 67.0 Å². The van der Waals surface area contributed by atoms with Crippen molar-refractivity contribution >= 4 is 5.91 Å². The molecule has 0 aromatic carbocycles. The Morgan fingerprint density at radius 1 is 1.73 bits per heavy atom. The highest BCUT2D eigenvalue weighted by atomic mass is 16.3. The van der Waals surface area contributed by atoms with Crippen LogP contribution in [0.3, 0.4) is 0 Å². The van der Waals surface area contributed by atoms with Crippen molar-refractivity contribution in [3.8, 4) is 12.3 Å². The van der Waals surface area contributed by atoms with Crippen LogP contribution in [0.4, 0.5) is 0 Å². The fourth-order valence-electron chi connectivity index (χ4n) is 0.645. The Bertz CT molecular complexity index is 160. The van der Waals surface area contributed by atoms with Crippen LogP contribution in [0.15, 0.2) is 0 Å². The number of likely N-dealkylation sites (N-methyl/N-ethyl adjacent to an activating group) is 1. The molecule has 0 heterocycles. The molecule has 0 fully saturated rings. The summed E-state index contributed by atoms with van der Waals surface area (Å²) >= 11 is 0. The van der Waals surface area contributed by atoms with Gasteiger partial charge < -0.3 is 10.0 Å². The highest BCUT2D eigenvalue weighted by Gasteiger charge is 2.05. The van der Waals surface area contributed by atoms with Gasteiger partial charge in [0, 0.05) is 26.4 Å². The minimum atomic E-state index is -0.0167. The van der Waals surface area contributed by atoms with Gasteiger partial charge in [0.1, 0.15) is 0 Å². The second-order valence-corrected chi connectivity index (χ2v) is 2.24. The van der Waals surface area contributed by atoms with Crippen molar-refractivity contribution in [3.63, 3.8) is 0 Å². The van der Waals surface area contributed by atoms with Crippen molar-refractivity contribution in [1.29, 1.82) is 0 Å². The summed E-state index contributed by atoms with van der Waals surface area (Å²) in [6.45, 7) is 0.377. The number of amides is 1. The van der Waals surface area contributed by atoms with E-state index in [9.17, 15) is 4.79 Å². The lowest BCUT2D eigenvalue weighted by Gasteiger charge is -2.14. The highest BCUT2D eigenvalue weighted by molar-refractivity contribution is 5.76. The zero-order valence-electron chi connectivity index (χ0n) is 6.71. The summed E-state index contributed by atoms with van der Waals surface area (Å²) in [6.07, 6.45) is 5.82. The fraction of sp³-hybridized carbons (Fsp3) is 0.625. The second kappa shape index (κ2) is 5.75. The van der Waals surface area contributed by atoms with Crippen LogP contribution < -0.4 is 0 Å². The summed E-state index contributed by atoms with van der Waals surface area (Å²) < 4.78 is 0. The van der Waals surface area contributed by atoms with Gasteiger partial charge in [-0.3, -0.25) is 4.79 Å². The van der Waals surface area contributed by atoms with Gasteiger partial charge in [0.2, 0.25) is 5.91 Å². The molecule has 3 nitrogen and oxygen atoms in total. The highest BCUT2D eigenvalue weighted by Crippen LogP contribution is 1.93. The van der Waals surface area contributed by atoms with Crippen LogP contribution in [0, 0.1) is 12.3 Å². The zero-order valence-corrected chi connectivity index (χ0v) is 6.71. The van der Waals surface area contributed by atoms with Gasteiger partial charge in [-0.2, -0.15) is 0 Å². The summed E-state index contributed by atoms with van der Waals surface area (Å²) in [7, 11) is 1.65. The van der Waals surface area contributed by atoms with Gasteiger partial charge in [-0.15, -0.1) is 12.3 Å². The van der Waals surface area contributed by atoms with E-state index in [-0.39, 0.29) is 12.5 Å². The standard InChI is InChI=1S/C8H13NO2/c1-3-4-5-8(11)9(2)6-7-10/h1,10H,4-7H2,2H3. The predicted molar refractivity (Wildman–Crippen MR) is 42.8 cm³/mol. The molecule has 0 radical (unpaired) electrons. The molecule has 0 saturated heterocycles. The predicted octanol–water partition coefficient (Wildman–Crippen LogP) is -0.150. The Morgan fingerprint density at radius 3 is 2.82 bits per heavy atom. The molecular weight excluding hydrogens is 142 g/mol. The van der Waals surface area contributed by atoms with Crippen LogP contribution >= 0.6 is 0 Å². The molecule has 11 heavy (non-hydrogen) atoms. The average molecular weight is 155 g/mol. The van der Waals surface area contributed by atoms with Crippen molar-refractivity contribution in [1.82, 2.24) is 4.90 Å². The van der Waals surface area contributed by atoms with Gasteiger partial charge in [0.05, 0.1) is 6.61 Å². The van der Waals surface area contributed by atoms with Crippen molar-refractivity contribution in [2.45, 2.75) is 12.8 Å². The van der Waals surface area contributed by atoms with Crippen LogP contribution in [0.25, 0.3) is 0 Å². The summed E-state index contributed by atoms with van der Waals surface area (Å²) in [5.74, 6) is 2.37. The fourth-order valence-corrected chi connectivity index (χ4v) is 0.645. The van der Waals surface area contributed by atoms with E-state index in [1.807, 2.05) is 0 Å². The lowest BCUT2D eigenvalue weighted by molar-refractivity contribution is -0.130. The van der Waals surface area contributed by atoms with Gasteiger partial charge in [-0.25, -0.2) is 0 Å². The van der Waals surface area contributed by atoms with E-state index in [1.54, 1.807) is 7.05 Å². The summed E-state index contributed by atoms with van der Waals surface area (Å²) in [5.41, 5.74) is 0. The van der Waals surface area contributed by atoms with Gasteiger partial charge >= 0.3 is 0 Å². The number of nitrogens with zero attached hydrogens (tertiary/aromatic N) is 1. The number of rotatable bonds is 4. The minimum Gasteiger partial charge on any atom is -0.395 e. The molecule has 0 saturated carbocycles. The number of aliphatic hydroxyl groups excluding tert-OH is 1. The maximum Gasteiger partial charge on any atom is 0.223 e. The van der Waals surface area contributed by atoms with Crippen LogP contribution in [0.2, 0.25) is 0 Å². The van der Waals surface area contributed by atoms with Crippen LogP contribution in [0.1, 0.15) is 12.8 Å². The molecule has 1 N–H and O–H groups in total. The number of carbonyl (C=O) groups is 1. The number of terminal acetylenes is 1. The average Bonchev–Trinajstić information content (AvgIpc) is 2.00. The van der Waals surface area contributed by atoms with Gasteiger partial charge in [0.25, 0.3) is 0 Å². The zero-order chi connectivity index (χ0) is 8.69. The van der Waals surface area contributed by atoms with Gasteiger partial charge in [-0.1, -0.05) is 0 Å².